The Hall–Kier alpha value is -1.44. The molecule has 1 unspecified atom stereocenters. The number of nitrogens with one attached hydrogen (secondary N) is 1. The number of hydrogen-bond donors (Lipinski definition) is 2. The van der Waals surface area contributed by atoms with Crippen molar-refractivity contribution < 1.29 is 19.4 Å². The van der Waals surface area contributed by atoms with Crippen LogP contribution in [0.1, 0.15) is 13.3 Å². The number of carbonyl (C=O) groups excluding carboxylic acids is 2. The molecule has 0 aromatic rings. The Morgan fingerprint density at radius 1 is 1.50 bits per heavy atom. The Morgan fingerprint density at radius 3 is 3.00 bits per heavy atom. The number of piperidine rings is 1. The number of nitrogens with zero attached hydrogens (tertiary/aromatic N) is 2. The number of amides is 1. The maximum Gasteiger partial charge on any atom is 0.325 e. The Balaban J connectivity index is 1.79. The molecule has 2 N–H and O–H groups in total. The van der Waals surface area contributed by atoms with E-state index in [1.54, 1.807) is 11.8 Å². The minimum atomic E-state index is -0.373. The van der Waals surface area contributed by atoms with E-state index in [0.717, 1.165) is 25.1 Å². The molecule has 0 bridgehead atoms. The van der Waals surface area contributed by atoms with E-state index in [1.807, 2.05) is 11.0 Å². The van der Waals surface area contributed by atoms with Crippen LogP contribution in [0.5, 0.6) is 0 Å². The standard InChI is InChI=1S/C15H25N3O4/c1-2-22-15(21)11-18-8-7-17(10-14(18)20)6-4-12-9-16-5-3-13(12)19/h4,13,16,19H,2-3,5-11H2,1H3/b12-4+. The lowest BCUT2D eigenvalue weighted by Crippen LogP contribution is -2.52. The van der Waals surface area contributed by atoms with Crippen LogP contribution in [0.3, 0.4) is 0 Å². The molecular weight excluding hydrogens is 286 g/mol. The molecule has 0 spiro atoms. The van der Waals surface area contributed by atoms with E-state index in [-0.39, 0.29) is 24.5 Å². The van der Waals surface area contributed by atoms with E-state index in [9.17, 15) is 14.7 Å². The van der Waals surface area contributed by atoms with Crippen LogP contribution in [-0.2, 0) is 14.3 Å². The fourth-order valence-corrected chi connectivity index (χ4v) is 2.67. The maximum atomic E-state index is 12.1. The molecule has 1 amide bonds. The van der Waals surface area contributed by atoms with E-state index >= 15 is 0 Å². The largest absolute Gasteiger partial charge is 0.465 e. The van der Waals surface area contributed by atoms with Gasteiger partial charge in [0.05, 0.1) is 19.3 Å². The van der Waals surface area contributed by atoms with E-state index in [2.05, 4.69) is 5.32 Å². The molecule has 0 aromatic carbocycles. The SMILES string of the molecule is CCOC(=O)CN1CCN(C/C=C2\CNCCC2O)CC1=O. The first-order chi connectivity index (χ1) is 10.6. The van der Waals surface area contributed by atoms with Crippen molar-refractivity contribution in [3.63, 3.8) is 0 Å². The van der Waals surface area contributed by atoms with Crippen molar-refractivity contribution in [1.29, 1.82) is 0 Å². The third-order valence-electron chi connectivity index (χ3n) is 3.99. The maximum absolute atomic E-state index is 12.1. The van der Waals surface area contributed by atoms with Crippen molar-refractivity contribution >= 4 is 11.9 Å². The molecule has 2 rings (SSSR count). The van der Waals surface area contributed by atoms with Gasteiger partial charge in [0.25, 0.3) is 0 Å². The van der Waals surface area contributed by atoms with Crippen molar-refractivity contribution in [2.45, 2.75) is 19.4 Å². The van der Waals surface area contributed by atoms with Gasteiger partial charge >= 0.3 is 5.97 Å². The van der Waals surface area contributed by atoms with Gasteiger partial charge in [-0.05, 0) is 25.5 Å². The minimum Gasteiger partial charge on any atom is -0.465 e. The van der Waals surface area contributed by atoms with Gasteiger partial charge in [0.15, 0.2) is 0 Å². The molecule has 0 aromatic heterocycles. The summed E-state index contributed by atoms with van der Waals surface area (Å²) in [5, 5.41) is 13.1. The van der Waals surface area contributed by atoms with E-state index in [1.165, 1.54) is 0 Å². The van der Waals surface area contributed by atoms with Gasteiger partial charge in [-0.25, -0.2) is 0 Å². The molecule has 22 heavy (non-hydrogen) atoms. The molecule has 2 saturated heterocycles. The second kappa shape index (κ2) is 8.26. The lowest BCUT2D eigenvalue weighted by atomic mass is 10.0. The summed E-state index contributed by atoms with van der Waals surface area (Å²) >= 11 is 0. The molecule has 2 heterocycles. The quantitative estimate of drug-likeness (QED) is 0.499. The van der Waals surface area contributed by atoms with Crippen LogP contribution in [0.2, 0.25) is 0 Å². The molecule has 0 radical (unpaired) electrons. The number of piperazine rings is 1. The molecular formula is C15H25N3O4. The molecule has 1 atom stereocenters. The van der Waals surface area contributed by atoms with Crippen LogP contribution in [0.15, 0.2) is 11.6 Å². The Labute approximate surface area is 130 Å². The van der Waals surface area contributed by atoms with Gasteiger partial charge in [-0.1, -0.05) is 6.08 Å². The second-order valence-corrected chi connectivity index (χ2v) is 5.62. The first-order valence-electron chi connectivity index (χ1n) is 7.83. The summed E-state index contributed by atoms with van der Waals surface area (Å²) in [5.41, 5.74) is 0.993. The zero-order valence-corrected chi connectivity index (χ0v) is 13.1. The van der Waals surface area contributed by atoms with Gasteiger partial charge in [-0.15, -0.1) is 0 Å². The van der Waals surface area contributed by atoms with Gasteiger partial charge in [-0.3, -0.25) is 14.5 Å². The van der Waals surface area contributed by atoms with E-state index in [0.29, 0.717) is 32.8 Å². The van der Waals surface area contributed by atoms with Crippen LogP contribution >= 0.6 is 0 Å². The average molecular weight is 311 g/mol. The molecule has 0 aliphatic carbocycles. The highest BCUT2D eigenvalue weighted by molar-refractivity contribution is 5.83. The summed E-state index contributed by atoms with van der Waals surface area (Å²) < 4.78 is 4.87. The summed E-state index contributed by atoms with van der Waals surface area (Å²) in [6, 6.07) is 0. The number of hydrogen-bond acceptors (Lipinski definition) is 6. The van der Waals surface area contributed by atoms with Crippen molar-refractivity contribution in [2.24, 2.45) is 0 Å². The number of ether oxygens (including phenoxy) is 1. The fourth-order valence-electron chi connectivity index (χ4n) is 2.67. The number of carbonyl (C=O) groups is 2. The summed E-state index contributed by atoms with van der Waals surface area (Å²) in [5.74, 6) is -0.414. The van der Waals surface area contributed by atoms with Crippen LogP contribution in [0, 0.1) is 0 Å². The third-order valence-corrected chi connectivity index (χ3v) is 3.99. The van der Waals surface area contributed by atoms with E-state index < -0.39 is 0 Å². The van der Waals surface area contributed by atoms with Gasteiger partial charge in [0.2, 0.25) is 5.91 Å². The first-order valence-corrected chi connectivity index (χ1v) is 7.83. The molecule has 124 valence electrons. The molecule has 7 nitrogen and oxygen atoms in total. The van der Waals surface area contributed by atoms with Gasteiger partial charge in [0.1, 0.15) is 6.54 Å². The van der Waals surface area contributed by atoms with Crippen LogP contribution < -0.4 is 5.32 Å². The fraction of sp³-hybridized carbons (Fsp3) is 0.733. The highest BCUT2D eigenvalue weighted by Crippen LogP contribution is 2.11. The monoisotopic (exact) mass is 311 g/mol. The van der Waals surface area contributed by atoms with Gasteiger partial charge in [-0.2, -0.15) is 0 Å². The molecule has 2 aliphatic rings. The summed E-state index contributed by atoms with van der Waals surface area (Å²) in [7, 11) is 0. The Bertz CT molecular complexity index is 439. The zero-order chi connectivity index (χ0) is 15.9. The predicted octanol–water partition coefficient (Wildman–Crippen LogP) is -1.03. The highest BCUT2D eigenvalue weighted by Gasteiger charge is 2.25. The molecule has 0 saturated carbocycles. The lowest BCUT2D eigenvalue weighted by Gasteiger charge is -2.33. The van der Waals surface area contributed by atoms with Crippen molar-refractivity contribution in [3.8, 4) is 0 Å². The second-order valence-electron chi connectivity index (χ2n) is 5.62. The van der Waals surface area contributed by atoms with Gasteiger partial charge < -0.3 is 20.1 Å². The molecule has 7 heteroatoms. The first kappa shape index (κ1) is 16.9. The van der Waals surface area contributed by atoms with Crippen molar-refractivity contribution in [1.82, 2.24) is 15.1 Å². The van der Waals surface area contributed by atoms with Gasteiger partial charge in [0, 0.05) is 26.2 Å². The minimum absolute atomic E-state index is 0.0320. The number of rotatable bonds is 5. The summed E-state index contributed by atoms with van der Waals surface area (Å²) in [6.45, 7) is 5.85. The average Bonchev–Trinajstić information content (AvgIpc) is 2.49. The highest BCUT2D eigenvalue weighted by atomic mass is 16.5. The summed E-state index contributed by atoms with van der Waals surface area (Å²) in [4.78, 5) is 27.1. The van der Waals surface area contributed by atoms with Crippen molar-refractivity contribution in [3.05, 3.63) is 11.6 Å². The Kier molecular flexibility index (Phi) is 6.35. The molecule has 2 fully saturated rings. The molecule has 2 aliphatic heterocycles. The number of esters is 1. The summed E-state index contributed by atoms with van der Waals surface area (Å²) in [6.07, 6.45) is 2.37. The van der Waals surface area contributed by atoms with Crippen molar-refractivity contribution in [2.75, 3.05) is 52.4 Å². The lowest BCUT2D eigenvalue weighted by molar-refractivity contribution is -0.150. The number of aliphatic hydroxyl groups excluding tert-OH is 1. The third kappa shape index (κ3) is 4.79. The van der Waals surface area contributed by atoms with Crippen LogP contribution in [0.25, 0.3) is 0 Å². The Morgan fingerprint density at radius 2 is 2.32 bits per heavy atom. The topological polar surface area (TPSA) is 82.1 Å². The zero-order valence-electron chi connectivity index (χ0n) is 13.1. The van der Waals surface area contributed by atoms with Crippen LogP contribution in [0.4, 0.5) is 0 Å². The van der Waals surface area contributed by atoms with E-state index in [4.69, 9.17) is 4.74 Å². The predicted molar refractivity (Wildman–Crippen MR) is 81.2 cm³/mol. The normalized spacial score (nSPS) is 25.5. The number of aliphatic hydroxyl groups is 1. The smallest absolute Gasteiger partial charge is 0.325 e. The van der Waals surface area contributed by atoms with Crippen LogP contribution in [-0.4, -0.2) is 85.3 Å².